The number of aromatic nitrogens is 4. The molecule has 0 bridgehead atoms. The van der Waals surface area contributed by atoms with Crippen molar-refractivity contribution < 1.29 is 9.47 Å². The van der Waals surface area contributed by atoms with Crippen LogP contribution in [0.4, 0.5) is 0 Å². The van der Waals surface area contributed by atoms with Gasteiger partial charge in [0.05, 0.1) is 12.1 Å². The second kappa shape index (κ2) is 6.41. The Morgan fingerprint density at radius 2 is 1.80 bits per heavy atom. The smallest absolute Gasteiger partial charge is 0.249 e. The van der Waals surface area contributed by atoms with E-state index >= 15 is 0 Å². The molecule has 0 atom stereocenters. The van der Waals surface area contributed by atoms with Crippen molar-refractivity contribution in [1.82, 2.24) is 19.6 Å². The van der Waals surface area contributed by atoms with Gasteiger partial charge in [-0.2, -0.15) is 4.98 Å². The number of benzene rings is 1. The molecule has 6 nitrogen and oxygen atoms in total. The molecule has 0 saturated heterocycles. The Balaban J connectivity index is 1.86. The number of hydrogen-bond acceptors (Lipinski definition) is 5. The van der Waals surface area contributed by atoms with E-state index in [-0.39, 0.29) is 0 Å². The van der Waals surface area contributed by atoms with E-state index in [0.717, 1.165) is 0 Å². The summed E-state index contributed by atoms with van der Waals surface area (Å²) >= 11 is 6.27. The molecule has 0 amide bonds. The average Bonchev–Trinajstić information content (AvgIpc) is 3.04. The van der Waals surface area contributed by atoms with Crippen LogP contribution in [0.2, 0.25) is 5.02 Å². The van der Waals surface area contributed by atoms with Gasteiger partial charge in [-0.05, 0) is 24.3 Å². The van der Waals surface area contributed by atoms with Crippen molar-refractivity contribution in [3.8, 4) is 29.0 Å². The Morgan fingerprint density at radius 3 is 2.60 bits per heavy atom. The van der Waals surface area contributed by atoms with Crippen molar-refractivity contribution in [2.75, 3.05) is 7.11 Å². The largest absolute Gasteiger partial charge is 0.481 e. The summed E-state index contributed by atoms with van der Waals surface area (Å²) in [5.74, 6) is 1.91. The van der Waals surface area contributed by atoms with Gasteiger partial charge in [0, 0.05) is 12.3 Å². The first-order chi connectivity index (χ1) is 12.2. The molecule has 0 aliphatic rings. The second-order valence-corrected chi connectivity index (χ2v) is 5.58. The van der Waals surface area contributed by atoms with Crippen LogP contribution >= 0.6 is 11.6 Å². The molecule has 124 valence electrons. The third-order valence-corrected chi connectivity index (χ3v) is 3.85. The lowest BCUT2D eigenvalue weighted by atomic mass is 10.3. The summed E-state index contributed by atoms with van der Waals surface area (Å²) < 4.78 is 12.7. The number of rotatable bonds is 4. The van der Waals surface area contributed by atoms with Crippen LogP contribution < -0.4 is 9.47 Å². The van der Waals surface area contributed by atoms with Crippen LogP contribution in [-0.4, -0.2) is 26.7 Å². The molecule has 7 heteroatoms. The topological polar surface area (TPSA) is 61.5 Å². The maximum atomic E-state index is 6.27. The van der Waals surface area contributed by atoms with Crippen LogP contribution in [0.15, 0.2) is 60.8 Å². The fourth-order valence-corrected chi connectivity index (χ4v) is 2.61. The van der Waals surface area contributed by atoms with E-state index in [9.17, 15) is 0 Å². The molecular formula is C18H13ClN4O2. The standard InChI is InChI=1S/C18H13ClN4O2/c1-24-15-9-5-8-14(20-15)17-21-18(25-12-6-3-2-4-7-12)16-13(19)10-11-23(16)22-17/h2-11H,1H3. The third-order valence-electron chi connectivity index (χ3n) is 3.55. The van der Waals surface area contributed by atoms with Gasteiger partial charge in [0.25, 0.3) is 0 Å². The van der Waals surface area contributed by atoms with E-state index in [0.29, 0.717) is 39.6 Å². The monoisotopic (exact) mass is 352 g/mol. The SMILES string of the molecule is COc1cccc(-c2nc(Oc3ccccc3)c3c(Cl)ccn3n2)n1. The predicted molar refractivity (Wildman–Crippen MR) is 94.3 cm³/mol. The molecular weight excluding hydrogens is 340 g/mol. The molecule has 25 heavy (non-hydrogen) atoms. The fourth-order valence-electron chi connectivity index (χ4n) is 2.39. The summed E-state index contributed by atoms with van der Waals surface area (Å²) in [6, 6.07) is 16.5. The average molecular weight is 353 g/mol. The van der Waals surface area contributed by atoms with Crippen molar-refractivity contribution in [3.05, 3.63) is 65.8 Å². The summed E-state index contributed by atoms with van der Waals surface area (Å²) in [6.07, 6.45) is 1.75. The minimum atomic E-state index is 0.357. The maximum Gasteiger partial charge on any atom is 0.249 e. The van der Waals surface area contributed by atoms with Gasteiger partial charge in [0.1, 0.15) is 17.0 Å². The van der Waals surface area contributed by atoms with Crippen molar-refractivity contribution >= 4 is 17.1 Å². The molecule has 0 aliphatic carbocycles. The quantitative estimate of drug-likeness (QED) is 0.549. The molecule has 3 aromatic heterocycles. The molecule has 0 aliphatic heterocycles. The normalized spacial score (nSPS) is 10.8. The number of pyridine rings is 1. The minimum absolute atomic E-state index is 0.357. The minimum Gasteiger partial charge on any atom is -0.481 e. The number of halogens is 1. The molecule has 0 saturated carbocycles. The lowest BCUT2D eigenvalue weighted by molar-refractivity contribution is 0.398. The van der Waals surface area contributed by atoms with Gasteiger partial charge < -0.3 is 9.47 Å². The molecule has 0 unspecified atom stereocenters. The third kappa shape index (κ3) is 2.99. The van der Waals surface area contributed by atoms with E-state index in [1.165, 1.54) is 0 Å². The van der Waals surface area contributed by atoms with Gasteiger partial charge in [0.15, 0.2) is 0 Å². The Morgan fingerprint density at radius 1 is 0.960 bits per heavy atom. The number of hydrogen-bond donors (Lipinski definition) is 0. The first-order valence-corrected chi connectivity index (χ1v) is 7.91. The molecule has 4 rings (SSSR count). The summed E-state index contributed by atoms with van der Waals surface area (Å²) in [5, 5.41) is 4.98. The van der Waals surface area contributed by atoms with E-state index in [1.807, 2.05) is 36.4 Å². The number of ether oxygens (including phenoxy) is 2. The Kier molecular flexibility index (Phi) is 3.95. The van der Waals surface area contributed by atoms with Gasteiger partial charge in [-0.15, -0.1) is 5.10 Å². The Bertz CT molecular complexity index is 1030. The summed E-state index contributed by atoms with van der Waals surface area (Å²) in [5.41, 5.74) is 1.17. The van der Waals surface area contributed by atoms with Crippen LogP contribution in [0.5, 0.6) is 17.5 Å². The first-order valence-electron chi connectivity index (χ1n) is 7.54. The van der Waals surface area contributed by atoms with Crippen LogP contribution in [0.25, 0.3) is 17.0 Å². The first kappa shape index (κ1) is 15.4. The molecule has 4 aromatic rings. The van der Waals surface area contributed by atoms with Gasteiger partial charge in [-0.1, -0.05) is 35.9 Å². The summed E-state index contributed by atoms with van der Waals surface area (Å²) in [6.45, 7) is 0. The number of nitrogens with zero attached hydrogens (tertiary/aromatic N) is 4. The lowest BCUT2D eigenvalue weighted by Crippen LogP contribution is -2.02. The van der Waals surface area contributed by atoms with Gasteiger partial charge in [0.2, 0.25) is 17.6 Å². The van der Waals surface area contributed by atoms with Crippen LogP contribution in [0.1, 0.15) is 0 Å². The summed E-state index contributed by atoms with van der Waals surface area (Å²) in [7, 11) is 1.56. The van der Waals surface area contributed by atoms with E-state index in [4.69, 9.17) is 21.1 Å². The van der Waals surface area contributed by atoms with Gasteiger partial charge in [-0.25, -0.2) is 9.50 Å². The van der Waals surface area contributed by atoms with E-state index in [2.05, 4.69) is 15.1 Å². The second-order valence-electron chi connectivity index (χ2n) is 5.18. The molecule has 3 heterocycles. The highest BCUT2D eigenvalue weighted by Gasteiger charge is 2.16. The summed E-state index contributed by atoms with van der Waals surface area (Å²) in [4.78, 5) is 8.89. The molecule has 0 radical (unpaired) electrons. The zero-order valence-corrected chi connectivity index (χ0v) is 14.0. The fraction of sp³-hybridized carbons (Fsp3) is 0.0556. The van der Waals surface area contributed by atoms with Crippen LogP contribution in [0.3, 0.4) is 0 Å². The van der Waals surface area contributed by atoms with Crippen molar-refractivity contribution in [2.45, 2.75) is 0 Å². The highest BCUT2D eigenvalue weighted by atomic mass is 35.5. The van der Waals surface area contributed by atoms with Crippen molar-refractivity contribution in [1.29, 1.82) is 0 Å². The lowest BCUT2D eigenvalue weighted by Gasteiger charge is -2.09. The van der Waals surface area contributed by atoms with Gasteiger partial charge in [-0.3, -0.25) is 0 Å². The van der Waals surface area contributed by atoms with E-state index in [1.54, 1.807) is 36.0 Å². The molecule has 1 aromatic carbocycles. The predicted octanol–water partition coefficient (Wildman–Crippen LogP) is 4.25. The van der Waals surface area contributed by atoms with Crippen molar-refractivity contribution in [2.24, 2.45) is 0 Å². The Labute approximate surface area is 148 Å². The molecule has 0 N–H and O–H groups in total. The number of para-hydroxylation sites is 1. The molecule has 0 spiro atoms. The van der Waals surface area contributed by atoms with Crippen LogP contribution in [0, 0.1) is 0 Å². The number of methoxy groups -OCH3 is 1. The highest BCUT2D eigenvalue weighted by Crippen LogP contribution is 2.31. The zero-order chi connectivity index (χ0) is 17.2. The van der Waals surface area contributed by atoms with Gasteiger partial charge >= 0.3 is 0 Å². The van der Waals surface area contributed by atoms with E-state index < -0.39 is 0 Å². The highest BCUT2D eigenvalue weighted by molar-refractivity contribution is 6.34. The maximum absolute atomic E-state index is 6.27. The van der Waals surface area contributed by atoms with Crippen LogP contribution in [-0.2, 0) is 0 Å². The molecule has 0 fully saturated rings. The Hall–Kier alpha value is -3.12. The number of fused-ring (bicyclic) bond motifs is 1. The zero-order valence-electron chi connectivity index (χ0n) is 13.3. The van der Waals surface area contributed by atoms with Crippen molar-refractivity contribution in [3.63, 3.8) is 0 Å².